The number of nitrogens with one attached hydrogen (secondary N) is 1. The Morgan fingerprint density at radius 2 is 1.72 bits per heavy atom. The van der Waals surface area contributed by atoms with Gasteiger partial charge >= 0.3 is 18.4 Å². The zero-order valence-electron chi connectivity index (χ0n) is 20.0. The summed E-state index contributed by atoms with van der Waals surface area (Å²) in [7, 11) is 1.10. The number of aliphatic imine (C=N–C) groups is 1. The maximum atomic E-state index is 13.9. The molecule has 0 aliphatic rings. The number of nitrogens with zero attached hydrogens (tertiary/aromatic N) is 2. The molecule has 0 saturated carbocycles. The molecule has 7 nitrogen and oxygen atoms in total. The third-order valence-corrected chi connectivity index (χ3v) is 4.86. The van der Waals surface area contributed by atoms with E-state index in [-0.39, 0.29) is 23.9 Å². The van der Waals surface area contributed by atoms with E-state index in [1.54, 1.807) is 0 Å². The summed E-state index contributed by atoms with van der Waals surface area (Å²) in [5.41, 5.74) is 6.02. The predicted octanol–water partition coefficient (Wildman–Crippen LogP) is 5.36. The van der Waals surface area contributed by atoms with Gasteiger partial charge < -0.3 is 21.6 Å². The molecule has 0 atom stereocenters. The van der Waals surface area contributed by atoms with Crippen LogP contribution in [0, 0.1) is 23.1 Å². The van der Waals surface area contributed by atoms with Gasteiger partial charge in [-0.2, -0.15) is 26.3 Å². The van der Waals surface area contributed by atoms with Crippen molar-refractivity contribution in [3.8, 4) is 17.6 Å². The normalized spacial score (nSPS) is 12.6. The lowest BCUT2D eigenvalue weighted by Gasteiger charge is -2.22. The van der Waals surface area contributed by atoms with Gasteiger partial charge in [-0.3, -0.25) is 9.89 Å². The molecule has 14 heteroatoms. The van der Waals surface area contributed by atoms with E-state index in [0.29, 0.717) is 12.3 Å². The van der Waals surface area contributed by atoms with Crippen LogP contribution in [0.25, 0.3) is 5.57 Å². The van der Waals surface area contributed by atoms with Crippen LogP contribution in [0.2, 0.25) is 0 Å². The molecule has 1 amide bonds. The van der Waals surface area contributed by atoms with Gasteiger partial charge in [0.15, 0.2) is 5.75 Å². The first-order valence-electron chi connectivity index (χ1n) is 10.6. The number of hydrogen-bond donors (Lipinski definition) is 3. The number of rotatable bonds is 6. The summed E-state index contributed by atoms with van der Waals surface area (Å²) in [5, 5.41) is 7.08. The molecular formula is C25H20F7N5O2. The second-order valence-corrected chi connectivity index (χ2v) is 7.46. The lowest BCUT2D eigenvalue weighted by molar-refractivity contribution is -0.143. The monoisotopic (exact) mass is 555 g/mol. The van der Waals surface area contributed by atoms with Gasteiger partial charge in [-0.25, -0.2) is 9.18 Å². The van der Waals surface area contributed by atoms with Gasteiger partial charge in [-0.15, -0.1) is 0 Å². The lowest BCUT2D eigenvalue weighted by atomic mass is 9.98. The summed E-state index contributed by atoms with van der Waals surface area (Å²) >= 11 is 0. The fourth-order valence-electron chi connectivity index (χ4n) is 2.91. The number of ether oxygens (including phenoxy) is 1. The number of benzene rings is 2. The zero-order chi connectivity index (χ0) is 29.4. The van der Waals surface area contributed by atoms with Crippen LogP contribution in [-0.2, 0) is 12.4 Å². The standard InChI is InChI=1S/C25H20F7N5O2/c1-37(19-6-4-18(26)5-7-19)23(38)39-22-20(9-17(24(27,28)29)10-21(22)25(30,31)32)16(13-35)14-36-8-2-3-15(11-33)12-34/h4-7,9-14,33H,8,34-35H2,1H3/b15-12-,16-13+,33-11?,36-14?. The topological polar surface area (TPSA) is 118 Å². The highest BCUT2D eigenvalue weighted by molar-refractivity contribution is 6.11. The van der Waals surface area contributed by atoms with Gasteiger partial charge in [0.2, 0.25) is 0 Å². The summed E-state index contributed by atoms with van der Waals surface area (Å²) in [4.78, 5) is 17.3. The molecule has 2 aromatic rings. The number of anilines is 1. The second kappa shape index (κ2) is 12.6. The number of halogens is 7. The molecule has 0 aliphatic carbocycles. The Hall–Kier alpha value is -4.80. The van der Waals surface area contributed by atoms with Crippen LogP contribution < -0.4 is 21.1 Å². The molecule has 0 bridgehead atoms. The van der Waals surface area contributed by atoms with Crippen molar-refractivity contribution in [2.45, 2.75) is 12.4 Å². The smallest absolute Gasteiger partial charge is 0.409 e. The number of carbonyl (C=O) groups is 1. The van der Waals surface area contributed by atoms with Gasteiger partial charge in [0.25, 0.3) is 0 Å². The highest BCUT2D eigenvalue weighted by Gasteiger charge is 2.41. The number of carbonyl (C=O) groups excluding carboxylic acids is 1. The van der Waals surface area contributed by atoms with Crippen molar-refractivity contribution in [3.05, 3.63) is 76.9 Å². The highest BCUT2D eigenvalue weighted by atomic mass is 19.4. The Morgan fingerprint density at radius 3 is 2.23 bits per heavy atom. The molecule has 39 heavy (non-hydrogen) atoms. The largest absolute Gasteiger partial charge is 0.420 e. The molecule has 206 valence electrons. The molecule has 2 aromatic carbocycles. The van der Waals surface area contributed by atoms with Crippen LogP contribution in [0.15, 0.2) is 59.4 Å². The summed E-state index contributed by atoms with van der Waals surface area (Å²) < 4.78 is 101. The van der Waals surface area contributed by atoms with E-state index in [2.05, 4.69) is 16.8 Å². The minimum absolute atomic E-state index is 0.0222. The first kappa shape index (κ1) is 30.4. The van der Waals surface area contributed by atoms with Crippen molar-refractivity contribution in [3.63, 3.8) is 0 Å². The first-order valence-corrected chi connectivity index (χ1v) is 10.6. The minimum Gasteiger partial charge on any atom is -0.409 e. The van der Waals surface area contributed by atoms with Gasteiger partial charge in [0.05, 0.1) is 16.7 Å². The van der Waals surface area contributed by atoms with Crippen molar-refractivity contribution in [1.82, 2.24) is 0 Å². The van der Waals surface area contributed by atoms with Crippen LogP contribution in [0.3, 0.4) is 0 Å². The fraction of sp³-hybridized carbons (Fsp3) is 0.160. The molecular weight excluding hydrogens is 535 g/mol. The van der Waals surface area contributed by atoms with Gasteiger partial charge in [0, 0.05) is 48.7 Å². The molecule has 0 fully saturated rings. The zero-order valence-corrected chi connectivity index (χ0v) is 20.0. The highest BCUT2D eigenvalue weighted by Crippen LogP contribution is 2.44. The lowest BCUT2D eigenvalue weighted by Crippen LogP contribution is -2.30. The Kier molecular flexibility index (Phi) is 9.86. The Bertz CT molecular complexity index is 1370. The average Bonchev–Trinajstić information content (AvgIpc) is 2.87. The third-order valence-electron chi connectivity index (χ3n) is 4.86. The van der Waals surface area contributed by atoms with Gasteiger partial charge in [-0.05, 0) is 36.4 Å². The molecule has 0 spiro atoms. The maximum absolute atomic E-state index is 13.9. The Morgan fingerprint density at radius 1 is 1.08 bits per heavy atom. The quantitative estimate of drug-likeness (QED) is 0.253. The molecule has 0 unspecified atom stereocenters. The van der Waals surface area contributed by atoms with E-state index in [1.807, 2.05) is 0 Å². The molecule has 5 N–H and O–H groups in total. The van der Waals surface area contributed by atoms with E-state index < -0.39 is 52.3 Å². The number of hydrogen-bond acceptors (Lipinski definition) is 6. The van der Waals surface area contributed by atoms with Crippen molar-refractivity contribution in [2.75, 3.05) is 18.5 Å². The minimum atomic E-state index is -5.39. The van der Waals surface area contributed by atoms with Crippen molar-refractivity contribution < 1.29 is 40.3 Å². The molecule has 0 radical (unpaired) electrons. The maximum Gasteiger partial charge on any atom is 0.420 e. The van der Waals surface area contributed by atoms with Crippen molar-refractivity contribution in [1.29, 1.82) is 5.41 Å². The van der Waals surface area contributed by atoms with E-state index in [1.165, 1.54) is 0 Å². The van der Waals surface area contributed by atoms with Gasteiger partial charge in [0.1, 0.15) is 12.4 Å². The number of nitrogens with two attached hydrogens (primary N) is 2. The molecule has 0 saturated heterocycles. The Balaban J connectivity index is 2.63. The number of allylic oxidation sites excluding steroid dienone is 2. The van der Waals surface area contributed by atoms with Crippen LogP contribution in [-0.4, -0.2) is 32.1 Å². The first-order chi connectivity index (χ1) is 18.2. The molecule has 0 heterocycles. The van der Waals surface area contributed by atoms with Crippen LogP contribution in [0.5, 0.6) is 5.75 Å². The summed E-state index contributed by atoms with van der Waals surface area (Å²) in [6.07, 6.45) is -8.59. The number of alkyl halides is 6. The second-order valence-electron chi connectivity index (χ2n) is 7.46. The van der Waals surface area contributed by atoms with E-state index in [9.17, 15) is 35.5 Å². The fourth-order valence-corrected chi connectivity index (χ4v) is 2.91. The Labute approximate surface area is 217 Å². The van der Waals surface area contributed by atoms with E-state index in [0.717, 1.165) is 54.8 Å². The van der Waals surface area contributed by atoms with Crippen molar-refractivity contribution in [2.24, 2.45) is 16.5 Å². The molecule has 2 rings (SSSR count). The molecule has 0 aromatic heterocycles. The average molecular weight is 555 g/mol. The van der Waals surface area contributed by atoms with E-state index in [4.69, 9.17) is 21.6 Å². The van der Waals surface area contributed by atoms with E-state index >= 15 is 0 Å². The SMILES string of the molecule is CN(C(=O)Oc1c(/C(C=NCC#C/C(C=N)=C/N)=C/N)cc(C(F)(F)F)cc1C(F)(F)F)c1ccc(F)cc1. The summed E-state index contributed by atoms with van der Waals surface area (Å²) in [6, 6.07) is 4.37. The summed E-state index contributed by atoms with van der Waals surface area (Å²) in [6.45, 7) is -0.296. The van der Waals surface area contributed by atoms with Gasteiger partial charge in [-0.1, -0.05) is 11.8 Å². The van der Waals surface area contributed by atoms with Crippen molar-refractivity contribution >= 4 is 29.8 Å². The predicted molar refractivity (Wildman–Crippen MR) is 132 cm³/mol. The molecule has 0 aliphatic heterocycles. The van der Waals surface area contributed by atoms with Crippen LogP contribution >= 0.6 is 0 Å². The summed E-state index contributed by atoms with van der Waals surface area (Å²) in [5.74, 6) is 3.02. The third kappa shape index (κ3) is 8.09. The van der Waals surface area contributed by atoms with Crippen LogP contribution in [0.4, 0.5) is 41.2 Å². The van der Waals surface area contributed by atoms with Crippen LogP contribution in [0.1, 0.15) is 16.7 Å². The number of amides is 1.